The lowest BCUT2D eigenvalue weighted by atomic mass is 9.88. The van der Waals surface area contributed by atoms with Gasteiger partial charge in [-0.05, 0) is 24.0 Å². The molecule has 0 saturated heterocycles. The van der Waals surface area contributed by atoms with Crippen LogP contribution in [-0.4, -0.2) is 27.3 Å². The van der Waals surface area contributed by atoms with Gasteiger partial charge in [0.05, 0.1) is 6.54 Å². The normalized spacial score (nSPS) is 12.8. The summed E-state index contributed by atoms with van der Waals surface area (Å²) in [5.41, 5.74) is 2.52. The largest absolute Gasteiger partial charge is 0.338 e. The van der Waals surface area contributed by atoms with Crippen molar-refractivity contribution in [1.29, 1.82) is 0 Å². The van der Waals surface area contributed by atoms with Gasteiger partial charge in [-0.2, -0.15) is 0 Å². The summed E-state index contributed by atoms with van der Waals surface area (Å²) in [4.78, 5) is 12.2. The predicted molar refractivity (Wildman–Crippen MR) is 108 cm³/mol. The van der Waals surface area contributed by atoms with E-state index in [-0.39, 0.29) is 11.9 Å². The Morgan fingerprint density at radius 2 is 1.64 bits per heavy atom. The van der Waals surface area contributed by atoms with Crippen LogP contribution in [0.25, 0.3) is 0 Å². The van der Waals surface area contributed by atoms with Gasteiger partial charge in [0.2, 0.25) is 0 Å². The minimum absolute atomic E-state index is 0.171. The molecule has 0 fully saturated rings. The van der Waals surface area contributed by atoms with Gasteiger partial charge in [0.15, 0.2) is 5.82 Å². The van der Waals surface area contributed by atoms with E-state index in [1.807, 2.05) is 12.1 Å². The highest BCUT2D eigenvalue weighted by atomic mass is 16.2. The van der Waals surface area contributed by atoms with E-state index in [4.69, 9.17) is 0 Å². The van der Waals surface area contributed by atoms with Gasteiger partial charge in [-0.1, -0.05) is 60.7 Å². The van der Waals surface area contributed by atoms with Crippen LogP contribution in [0.15, 0.2) is 60.7 Å². The Bertz CT molecular complexity index is 868. The zero-order valence-corrected chi connectivity index (χ0v) is 15.8. The topological polar surface area (TPSA) is 71.8 Å². The molecule has 0 spiro atoms. The van der Waals surface area contributed by atoms with Crippen LogP contribution in [0.1, 0.15) is 41.5 Å². The number of carbonyl (C=O) groups excluding carboxylic acids is 1. The fraction of sp³-hybridized carbons (Fsp3) is 0.318. The molecule has 144 valence electrons. The lowest BCUT2D eigenvalue weighted by Crippen LogP contribution is -2.36. The predicted octanol–water partition coefficient (Wildman–Crippen LogP) is 3.25. The second-order valence-electron chi connectivity index (χ2n) is 7.06. The lowest BCUT2D eigenvalue weighted by molar-refractivity contribution is 0.240. The summed E-state index contributed by atoms with van der Waals surface area (Å²) in [6.45, 7) is 1.94. The van der Waals surface area contributed by atoms with E-state index in [0.717, 1.165) is 37.5 Å². The molecule has 3 aromatic rings. The summed E-state index contributed by atoms with van der Waals surface area (Å²) in [6, 6.07) is 20.7. The van der Waals surface area contributed by atoms with E-state index >= 15 is 0 Å². The Morgan fingerprint density at radius 1 is 0.964 bits per heavy atom. The average Bonchev–Trinajstić information content (AvgIpc) is 3.35. The van der Waals surface area contributed by atoms with Crippen molar-refractivity contribution in [1.82, 2.24) is 25.4 Å². The number of urea groups is 1. The summed E-state index contributed by atoms with van der Waals surface area (Å²) in [5.74, 6) is 2.10. The number of nitrogens with zero attached hydrogens (tertiary/aromatic N) is 3. The van der Waals surface area contributed by atoms with Crippen molar-refractivity contribution < 1.29 is 4.79 Å². The number of nitrogens with one attached hydrogen (secondary N) is 2. The first-order chi connectivity index (χ1) is 13.8. The van der Waals surface area contributed by atoms with Crippen molar-refractivity contribution >= 4 is 6.03 Å². The molecule has 0 aliphatic carbocycles. The summed E-state index contributed by atoms with van der Waals surface area (Å²) in [5, 5.41) is 14.2. The van der Waals surface area contributed by atoms with E-state index in [0.29, 0.717) is 13.1 Å². The average molecular weight is 375 g/mol. The van der Waals surface area contributed by atoms with Crippen molar-refractivity contribution in [3.05, 3.63) is 83.4 Å². The van der Waals surface area contributed by atoms with Crippen molar-refractivity contribution in [3.63, 3.8) is 0 Å². The molecule has 2 heterocycles. The van der Waals surface area contributed by atoms with Crippen LogP contribution in [-0.2, 0) is 19.5 Å². The number of benzene rings is 2. The molecule has 6 heteroatoms. The summed E-state index contributed by atoms with van der Waals surface area (Å²) in [6.07, 6.45) is 2.91. The van der Waals surface area contributed by atoms with Crippen molar-refractivity contribution in [2.75, 3.05) is 6.54 Å². The van der Waals surface area contributed by atoms with E-state index in [1.54, 1.807) is 0 Å². The first-order valence-corrected chi connectivity index (χ1v) is 9.84. The quantitative estimate of drug-likeness (QED) is 0.666. The van der Waals surface area contributed by atoms with Gasteiger partial charge < -0.3 is 15.2 Å². The van der Waals surface area contributed by atoms with Crippen LogP contribution in [0.3, 0.4) is 0 Å². The second-order valence-corrected chi connectivity index (χ2v) is 7.06. The molecular weight excluding hydrogens is 350 g/mol. The maximum atomic E-state index is 12.2. The molecule has 1 aliphatic heterocycles. The number of rotatable bonds is 7. The molecule has 2 aromatic carbocycles. The molecule has 0 saturated carbocycles. The zero-order valence-electron chi connectivity index (χ0n) is 15.8. The van der Waals surface area contributed by atoms with E-state index in [1.165, 1.54) is 11.1 Å². The highest BCUT2D eigenvalue weighted by molar-refractivity contribution is 5.73. The number of aromatic nitrogens is 3. The maximum Gasteiger partial charge on any atom is 0.315 e. The smallest absolute Gasteiger partial charge is 0.315 e. The van der Waals surface area contributed by atoms with E-state index in [2.05, 4.69) is 73.9 Å². The van der Waals surface area contributed by atoms with Crippen molar-refractivity contribution in [3.8, 4) is 0 Å². The third-order valence-electron chi connectivity index (χ3n) is 5.22. The number of fused-ring (bicyclic) bond motifs is 1. The molecule has 0 radical (unpaired) electrons. The Hall–Kier alpha value is -3.15. The Morgan fingerprint density at radius 3 is 2.32 bits per heavy atom. The molecule has 1 aliphatic rings. The van der Waals surface area contributed by atoms with Gasteiger partial charge in [-0.15, -0.1) is 10.2 Å². The van der Waals surface area contributed by atoms with E-state index < -0.39 is 0 Å². The Kier molecular flexibility index (Phi) is 5.66. The van der Waals surface area contributed by atoms with Gasteiger partial charge in [-0.3, -0.25) is 0 Å². The van der Waals surface area contributed by atoms with Crippen LogP contribution < -0.4 is 10.6 Å². The molecule has 0 bridgehead atoms. The van der Waals surface area contributed by atoms with Crippen molar-refractivity contribution in [2.24, 2.45) is 0 Å². The monoisotopic (exact) mass is 375 g/mol. The van der Waals surface area contributed by atoms with E-state index in [9.17, 15) is 4.79 Å². The summed E-state index contributed by atoms with van der Waals surface area (Å²) < 4.78 is 2.10. The standard InChI is InChI=1S/C22H25N5O/c28-22(24-16-21-26-25-20-12-7-15-27(20)21)23-14-13-19(17-8-3-1-4-9-17)18-10-5-2-6-11-18/h1-6,8-11,19H,7,12-16H2,(H2,23,24,28). The van der Waals surface area contributed by atoms with Gasteiger partial charge in [0, 0.05) is 25.4 Å². The molecule has 0 unspecified atom stereocenters. The van der Waals surface area contributed by atoms with Gasteiger partial charge in [0.25, 0.3) is 0 Å². The fourth-order valence-corrected chi connectivity index (χ4v) is 3.79. The molecule has 2 N–H and O–H groups in total. The molecule has 0 atom stereocenters. The molecular formula is C22H25N5O. The number of amides is 2. The maximum absolute atomic E-state index is 12.2. The second kappa shape index (κ2) is 8.69. The van der Waals surface area contributed by atoms with Crippen molar-refractivity contribution in [2.45, 2.75) is 38.3 Å². The highest BCUT2D eigenvalue weighted by Gasteiger charge is 2.18. The minimum atomic E-state index is -0.171. The third kappa shape index (κ3) is 4.22. The van der Waals surface area contributed by atoms with Crippen LogP contribution in [0.2, 0.25) is 0 Å². The lowest BCUT2D eigenvalue weighted by Gasteiger charge is -2.18. The van der Waals surface area contributed by atoms with Crippen LogP contribution in [0.5, 0.6) is 0 Å². The van der Waals surface area contributed by atoms with Crippen LogP contribution in [0, 0.1) is 0 Å². The number of carbonyl (C=O) groups is 1. The first kappa shape index (κ1) is 18.2. The minimum Gasteiger partial charge on any atom is -0.338 e. The summed E-state index contributed by atoms with van der Waals surface area (Å²) in [7, 11) is 0. The molecule has 6 nitrogen and oxygen atoms in total. The number of hydrogen-bond acceptors (Lipinski definition) is 3. The highest BCUT2D eigenvalue weighted by Crippen LogP contribution is 2.27. The Labute approximate surface area is 165 Å². The van der Waals surface area contributed by atoms with Gasteiger partial charge >= 0.3 is 6.03 Å². The molecule has 1 aromatic heterocycles. The van der Waals surface area contributed by atoms with Crippen LogP contribution in [0.4, 0.5) is 4.79 Å². The third-order valence-corrected chi connectivity index (χ3v) is 5.22. The van der Waals surface area contributed by atoms with Gasteiger partial charge in [0.1, 0.15) is 5.82 Å². The number of aryl methyl sites for hydroxylation is 1. The fourth-order valence-electron chi connectivity index (χ4n) is 3.79. The Balaban J connectivity index is 1.31. The molecule has 28 heavy (non-hydrogen) atoms. The van der Waals surface area contributed by atoms with Gasteiger partial charge in [-0.25, -0.2) is 4.79 Å². The molecule has 4 rings (SSSR count). The van der Waals surface area contributed by atoms with Crippen LogP contribution >= 0.6 is 0 Å². The first-order valence-electron chi connectivity index (χ1n) is 9.84. The molecule has 2 amide bonds. The zero-order chi connectivity index (χ0) is 19.2. The summed E-state index contributed by atoms with van der Waals surface area (Å²) >= 11 is 0. The number of hydrogen-bond donors (Lipinski definition) is 2. The SMILES string of the molecule is O=C(NCCC(c1ccccc1)c1ccccc1)NCc1nnc2n1CCC2.